The Morgan fingerprint density at radius 1 is 0.833 bits per heavy atom. The highest BCUT2D eigenvalue weighted by Gasteiger charge is 2.48. The summed E-state index contributed by atoms with van der Waals surface area (Å²) in [6.07, 6.45) is 3.64. The van der Waals surface area contributed by atoms with Crippen LogP contribution in [0.3, 0.4) is 0 Å². The van der Waals surface area contributed by atoms with Crippen LogP contribution in [0.1, 0.15) is 75.7 Å². The van der Waals surface area contributed by atoms with Crippen LogP contribution in [0.5, 0.6) is 11.5 Å². The molecule has 2 N–H and O–H groups in total. The van der Waals surface area contributed by atoms with Crippen molar-refractivity contribution in [3.63, 3.8) is 0 Å². The first kappa shape index (κ1) is 37.1. The van der Waals surface area contributed by atoms with Crippen molar-refractivity contribution < 1.29 is 29.0 Å². The molecule has 2 unspecified atom stereocenters. The molecule has 1 aliphatic carbocycles. The van der Waals surface area contributed by atoms with Crippen molar-refractivity contribution in [1.29, 1.82) is 0 Å². The number of carbonyl (C=O) groups is 4. The predicted octanol–water partition coefficient (Wildman–Crippen LogP) is 4.64. The zero-order chi connectivity index (χ0) is 40.7. The lowest BCUT2D eigenvalue weighted by molar-refractivity contribution is -0.137. The SMILES string of the molecule is O=C1CCC(N2Cc3cc4c(cc3C2=O)OC[C@@H]2CN(C(=O)CN3CCC5(C3)CN(c3ccc([C@@H]6c7ccc(O)cc7CCC6c6ccccc6)cc3)C5)CCN42)C(=O)N1. The van der Waals surface area contributed by atoms with Crippen molar-refractivity contribution in [2.75, 3.05) is 68.8 Å². The van der Waals surface area contributed by atoms with E-state index in [1.807, 2.05) is 23.1 Å². The summed E-state index contributed by atoms with van der Waals surface area (Å²) in [6, 6.07) is 29.1. The van der Waals surface area contributed by atoms with E-state index >= 15 is 0 Å². The van der Waals surface area contributed by atoms with Gasteiger partial charge in [-0.3, -0.25) is 29.4 Å². The summed E-state index contributed by atoms with van der Waals surface area (Å²) in [7, 11) is 0. The van der Waals surface area contributed by atoms with Gasteiger partial charge in [-0.15, -0.1) is 0 Å². The van der Waals surface area contributed by atoms with Crippen LogP contribution >= 0.6 is 0 Å². The number of piperazine rings is 1. The number of phenols is 1. The number of aromatic hydroxyl groups is 1. The van der Waals surface area contributed by atoms with Crippen LogP contribution in [-0.2, 0) is 27.3 Å². The smallest absolute Gasteiger partial charge is 0.255 e. The number of piperidine rings is 1. The first-order valence-electron chi connectivity index (χ1n) is 21.6. The predicted molar refractivity (Wildman–Crippen MR) is 225 cm³/mol. The molecule has 12 heteroatoms. The Balaban J connectivity index is 0.698. The lowest BCUT2D eigenvalue weighted by Gasteiger charge is -2.49. The van der Waals surface area contributed by atoms with E-state index in [0.717, 1.165) is 56.7 Å². The number of imide groups is 1. The molecule has 6 aliphatic heterocycles. The number of fused-ring (bicyclic) bond motifs is 5. The maximum absolute atomic E-state index is 13.8. The lowest BCUT2D eigenvalue weighted by atomic mass is 9.69. The van der Waals surface area contributed by atoms with Gasteiger partial charge in [-0.25, -0.2) is 0 Å². The zero-order valence-corrected chi connectivity index (χ0v) is 33.7. The molecule has 4 aromatic rings. The number of hydrogen-bond acceptors (Lipinski definition) is 9. The summed E-state index contributed by atoms with van der Waals surface area (Å²) in [5.74, 6) is 0.828. The van der Waals surface area contributed by atoms with Crippen LogP contribution in [0.2, 0.25) is 0 Å². The van der Waals surface area contributed by atoms with Gasteiger partial charge in [0.15, 0.2) is 0 Å². The van der Waals surface area contributed by atoms with Crippen molar-refractivity contribution in [1.82, 2.24) is 20.0 Å². The molecule has 7 aliphatic rings. The minimum absolute atomic E-state index is 0.0126. The minimum atomic E-state index is -0.660. The van der Waals surface area contributed by atoms with Gasteiger partial charge in [0, 0.05) is 74.8 Å². The zero-order valence-electron chi connectivity index (χ0n) is 33.7. The van der Waals surface area contributed by atoms with Gasteiger partial charge < -0.3 is 29.4 Å². The van der Waals surface area contributed by atoms with E-state index in [0.29, 0.717) is 68.7 Å². The Morgan fingerprint density at radius 2 is 1.67 bits per heavy atom. The van der Waals surface area contributed by atoms with E-state index in [9.17, 15) is 24.3 Å². The summed E-state index contributed by atoms with van der Waals surface area (Å²) in [5.41, 5.74) is 9.00. The average molecular weight is 807 g/mol. The number of phenolic OH excluding ortho intramolecular Hbond substituents is 1. The lowest BCUT2D eigenvalue weighted by Crippen LogP contribution is -2.60. The van der Waals surface area contributed by atoms with Gasteiger partial charge in [0.1, 0.15) is 24.1 Å². The summed E-state index contributed by atoms with van der Waals surface area (Å²) in [5, 5.41) is 12.6. The highest BCUT2D eigenvalue weighted by atomic mass is 16.5. The molecule has 0 aromatic heterocycles. The molecule has 4 aromatic carbocycles. The standard InChI is InChI=1S/C48H50N6O6/c55-36-11-13-38-32(20-36)8-12-37(30-4-2-1-3-5-30)45(38)31-6-9-34(10-7-31)52-28-48(29-52)16-17-50(27-48)25-44(57)51-18-19-53-35(24-51)26-60-42-22-39-33(21-41(42)53)23-54(47(39)59)40-14-15-43(56)49-46(40)58/h1-7,9-11,13,20-22,35,37,40,45,55H,8,12,14-19,23-29H2,(H,49,56,58)/t35-,37?,40?,45-/m0/s1. The molecule has 0 bridgehead atoms. The van der Waals surface area contributed by atoms with Gasteiger partial charge >= 0.3 is 0 Å². The van der Waals surface area contributed by atoms with E-state index in [1.54, 1.807) is 11.0 Å². The molecule has 0 saturated carbocycles. The van der Waals surface area contributed by atoms with Crippen LogP contribution in [0.15, 0.2) is 84.9 Å². The van der Waals surface area contributed by atoms with Gasteiger partial charge in [0.2, 0.25) is 17.7 Å². The monoisotopic (exact) mass is 806 g/mol. The van der Waals surface area contributed by atoms with E-state index in [1.165, 1.54) is 27.9 Å². The molecule has 4 fully saturated rings. The van der Waals surface area contributed by atoms with Crippen molar-refractivity contribution in [2.24, 2.45) is 5.41 Å². The number of nitrogens with one attached hydrogen (secondary N) is 1. The highest BCUT2D eigenvalue weighted by molar-refractivity contribution is 6.06. The number of anilines is 2. The summed E-state index contributed by atoms with van der Waals surface area (Å²) >= 11 is 0. The molecule has 6 heterocycles. The molecule has 4 atom stereocenters. The van der Waals surface area contributed by atoms with Crippen LogP contribution in [-0.4, -0.2) is 114 Å². The van der Waals surface area contributed by atoms with Gasteiger partial charge in [-0.2, -0.15) is 0 Å². The molecule has 308 valence electrons. The number of carbonyl (C=O) groups excluding carboxylic acids is 4. The summed E-state index contributed by atoms with van der Waals surface area (Å²) in [4.78, 5) is 62.1. The quantitative estimate of drug-likeness (QED) is 0.269. The third kappa shape index (κ3) is 6.38. The second-order valence-corrected chi connectivity index (χ2v) is 18.2. The molecule has 1 spiro atoms. The third-order valence-corrected chi connectivity index (χ3v) is 14.5. The fraction of sp³-hybridized carbons (Fsp3) is 0.417. The largest absolute Gasteiger partial charge is 0.508 e. The van der Waals surface area contributed by atoms with E-state index in [4.69, 9.17) is 4.74 Å². The molecule has 0 radical (unpaired) electrons. The highest BCUT2D eigenvalue weighted by Crippen LogP contribution is 2.48. The fourth-order valence-corrected chi connectivity index (χ4v) is 11.5. The number of rotatable bonds is 6. The molecule has 60 heavy (non-hydrogen) atoms. The van der Waals surface area contributed by atoms with Crippen molar-refractivity contribution in [3.8, 4) is 11.5 Å². The first-order valence-corrected chi connectivity index (χ1v) is 21.6. The topological polar surface area (TPSA) is 126 Å². The second-order valence-electron chi connectivity index (χ2n) is 18.2. The van der Waals surface area contributed by atoms with Gasteiger partial charge in [-0.1, -0.05) is 48.5 Å². The molecular formula is C48H50N6O6. The van der Waals surface area contributed by atoms with Crippen molar-refractivity contribution in [3.05, 3.63) is 118 Å². The number of nitrogens with zero attached hydrogens (tertiary/aromatic N) is 5. The number of benzene rings is 4. The molecule has 12 nitrogen and oxygen atoms in total. The van der Waals surface area contributed by atoms with Crippen LogP contribution in [0.4, 0.5) is 11.4 Å². The number of ether oxygens (including phenoxy) is 1. The van der Waals surface area contributed by atoms with Crippen LogP contribution in [0.25, 0.3) is 0 Å². The normalized spacial score (nSPS) is 25.6. The first-order chi connectivity index (χ1) is 29.2. The number of amides is 4. The van der Waals surface area contributed by atoms with Gasteiger partial charge in [0.05, 0.1) is 18.3 Å². The Hall–Kier alpha value is -5.88. The fourth-order valence-electron chi connectivity index (χ4n) is 11.5. The maximum atomic E-state index is 13.8. The summed E-state index contributed by atoms with van der Waals surface area (Å²) in [6.45, 7) is 6.89. The number of hydrogen-bond donors (Lipinski definition) is 2. The summed E-state index contributed by atoms with van der Waals surface area (Å²) < 4.78 is 6.22. The minimum Gasteiger partial charge on any atom is -0.508 e. The Kier molecular flexibility index (Phi) is 8.91. The van der Waals surface area contributed by atoms with E-state index in [2.05, 4.69) is 80.7 Å². The Bertz CT molecular complexity index is 2400. The Morgan fingerprint density at radius 3 is 2.48 bits per heavy atom. The van der Waals surface area contributed by atoms with Crippen LogP contribution in [0, 0.1) is 5.41 Å². The second kappa shape index (κ2) is 14.4. The van der Waals surface area contributed by atoms with Crippen LogP contribution < -0.4 is 19.9 Å². The third-order valence-electron chi connectivity index (χ3n) is 14.5. The molecule has 11 rings (SSSR count). The van der Waals surface area contributed by atoms with E-state index < -0.39 is 11.9 Å². The Labute approximate surface area is 349 Å². The molecule has 4 amide bonds. The maximum Gasteiger partial charge on any atom is 0.255 e. The average Bonchev–Trinajstić information content (AvgIpc) is 3.82. The van der Waals surface area contributed by atoms with Gasteiger partial charge in [-0.05, 0) is 102 Å². The number of aryl methyl sites for hydroxylation is 1. The molecular weight excluding hydrogens is 757 g/mol. The molecule has 4 saturated heterocycles. The van der Waals surface area contributed by atoms with E-state index in [-0.39, 0.29) is 41.5 Å². The van der Waals surface area contributed by atoms with Crippen molar-refractivity contribution >= 4 is 35.0 Å². The number of likely N-dealkylation sites (tertiary alicyclic amines) is 1. The van der Waals surface area contributed by atoms with Gasteiger partial charge in [0.25, 0.3) is 5.91 Å². The van der Waals surface area contributed by atoms with Crippen molar-refractivity contribution in [2.45, 2.75) is 62.6 Å².